The maximum atomic E-state index is 13.2. The monoisotopic (exact) mass is 394 g/mol. The van der Waals surface area contributed by atoms with E-state index in [0.29, 0.717) is 35.8 Å². The zero-order valence-electron chi connectivity index (χ0n) is 17.2. The number of rotatable bonds is 8. The van der Waals surface area contributed by atoms with Crippen LogP contribution in [-0.4, -0.2) is 62.0 Å². The van der Waals surface area contributed by atoms with E-state index in [9.17, 15) is 4.79 Å². The van der Waals surface area contributed by atoms with Crippen molar-refractivity contribution in [2.45, 2.75) is 0 Å². The minimum Gasteiger partial charge on any atom is -0.493 e. The zero-order valence-corrected chi connectivity index (χ0v) is 17.2. The van der Waals surface area contributed by atoms with Crippen LogP contribution in [0.3, 0.4) is 0 Å². The van der Waals surface area contributed by atoms with Gasteiger partial charge in [0.15, 0.2) is 11.5 Å². The fourth-order valence-electron chi connectivity index (χ4n) is 3.03. The summed E-state index contributed by atoms with van der Waals surface area (Å²) in [5.41, 5.74) is 2.78. The van der Waals surface area contributed by atoms with E-state index >= 15 is 0 Å². The van der Waals surface area contributed by atoms with Gasteiger partial charge in [0.1, 0.15) is 5.69 Å². The molecule has 0 saturated heterocycles. The molecule has 7 heteroatoms. The van der Waals surface area contributed by atoms with Crippen molar-refractivity contribution < 1.29 is 14.3 Å². The van der Waals surface area contributed by atoms with E-state index in [1.807, 2.05) is 55.6 Å². The van der Waals surface area contributed by atoms with Crippen molar-refractivity contribution in [2.75, 3.05) is 41.4 Å². The molecular formula is C22H26N4O3. The highest BCUT2D eigenvalue weighted by atomic mass is 16.5. The van der Waals surface area contributed by atoms with Gasteiger partial charge in [-0.2, -0.15) is 5.10 Å². The number of methoxy groups -OCH3 is 2. The molecule has 1 amide bonds. The number of benzene rings is 2. The van der Waals surface area contributed by atoms with Crippen molar-refractivity contribution in [3.63, 3.8) is 0 Å². The lowest BCUT2D eigenvalue weighted by molar-refractivity contribution is 0.0797. The Kier molecular flexibility index (Phi) is 6.51. The molecule has 0 aliphatic rings. The van der Waals surface area contributed by atoms with Crippen LogP contribution in [0.1, 0.15) is 10.4 Å². The van der Waals surface area contributed by atoms with Crippen molar-refractivity contribution in [1.82, 2.24) is 20.0 Å². The topological polar surface area (TPSA) is 68.6 Å². The lowest BCUT2D eigenvalue weighted by Gasteiger charge is -2.17. The lowest BCUT2D eigenvalue weighted by Crippen LogP contribution is -2.32. The first-order valence-corrected chi connectivity index (χ1v) is 9.36. The smallest absolute Gasteiger partial charge is 0.257 e. The molecule has 0 aliphatic carbocycles. The number of carbonyl (C=O) groups excluding carboxylic acids is 1. The molecule has 0 saturated carbocycles. The van der Waals surface area contributed by atoms with E-state index in [1.165, 1.54) is 0 Å². The Bertz CT molecular complexity index is 969. The standard InChI is InChI=1S/C22H26N4O3/c1-23-12-13-25(2)22(27)18-15-26(17-8-6-5-7-9-17)24-21(18)16-10-11-19(28-3)20(14-16)29-4/h5-11,14-15,23H,12-13H2,1-4H3. The molecule has 7 nitrogen and oxygen atoms in total. The van der Waals surface area contributed by atoms with Crippen LogP contribution in [-0.2, 0) is 0 Å². The van der Waals surface area contributed by atoms with Crippen LogP contribution in [0.5, 0.6) is 11.5 Å². The number of nitrogens with one attached hydrogen (secondary N) is 1. The minimum absolute atomic E-state index is 0.0905. The number of likely N-dealkylation sites (N-methyl/N-ethyl adjacent to an activating group) is 2. The zero-order chi connectivity index (χ0) is 20.8. The molecule has 152 valence electrons. The highest BCUT2D eigenvalue weighted by Crippen LogP contribution is 2.33. The van der Waals surface area contributed by atoms with Crippen LogP contribution in [0.25, 0.3) is 16.9 Å². The summed E-state index contributed by atoms with van der Waals surface area (Å²) < 4.78 is 12.5. The number of aromatic nitrogens is 2. The highest BCUT2D eigenvalue weighted by molar-refractivity contribution is 6.00. The van der Waals surface area contributed by atoms with Gasteiger partial charge in [0.2, 0.25) is 0 Å². The Morgan fingerprint density at radius 1 is 1.10 bits per heavy atom. The number of carbonyl (C=O) groups is 1. The average Bonchev–Trinajstić information content (AvgIpc) is 3.22. The SMILES string of the molecule is CNCCN(C)C(=O)c1cn(-c2ccccc2)nc1-c1ccc(OC)c(OC)c1. The maximum absolute atomic E-state index is 13.2. The molecule has 0 radical (unpaired) electrons. The summed E-state index contributed by atoms with van der Waals surface area (Å²) in [6.45, 7) is 1.30. The van der Waals surface area contributed by atoms with Gasteiger partial charge in [-0.1, -0.05) is 18.2 Å². The minimum atomic E-state index is -0.0905. The van der Waals surface area contributed by atoms with Crippen LogP contribution in [0.4, 0.5) is 0 Å². The fraction of sp³-hybridized carbons (Fsp3) is 0.273. The van der Waals surface area contributed by atoms with Crippen LogP contribution < -0.4 is 14.8 Å². The maximum Gasteiger partial charge on any atom is 0.257 e. The number of hydrogen-bond acceptors (Lipinski definition) is 5. The number of nitrogens with zero attached hydrogens (tertiary/aromatic N) is 3. The summed E-state index contributed by atoms with van der Waals surface area (Å²) in [6, 6.07) is 15.2. The first-order valence-electron chi connectivity index (χ1n) is 9.36. The van der Waals surface area contributed by atoms with Crippen LogP contribution >= 0.6 is 0 Å². The molecule has 0 aliphatic heterocycles. The van der Waals surface area contributed by atoms with Gasteiger partial charge < -0.3 is 19.7 Å². The third-order valence-corrected chi connectivity index (χ3v) is 4.67. The first-order chi connectivity index (χ1) is 14.1. The van der Waals surface area contributed by atoms with Gasteiger partial charge in [-0.25, -0.2) is 4.68 Å². The molecular weight excluding hydrogens is 368 g/mol. The Balaban J connectivity index is 2.09. The highest BCUT2D eigenvalue weighted by Gasteiger charge is 2.22. The summed E-state index contributed by atoms with van der Waals surface area (Å²) in [7, 11) is 6.83. The van der Waals surface area contributed by atoms with Gasteiger partial charge in [0.05, 0.1) is 25.5 Å². The van der Waals surface area contributed by atoms with Crippen LogP contribution in [0, 0.1) is 0 Å². The Hall–Kier alpha value is -3.32. The van der Waals surface area contributed by atoms with E-state index in [4.69, 9.17) is 14.6 Å². The van der Waals surface area contributed by atoms with E-state index in [-0.39, 0.29) is 5.91 Å². The van der Waals surface area contributed by atoms with E-state index < -0.39 is 0 Å². The average molecular weight is 394 g/mol. The van der Waals surface area contributed by atoms with E-state index in [1.54, 1.807) is 37.0 Å². The first kappa shape index (κ1) is 20.4. The Morgan fingerprint density at radius 3 is 2.48 bits per heavy atom. The predicted octanol–water partition coefficient (Wildman–Crippen LogP) is 2.85. The molecule has 1 aromatic heterocycles. The van der Waals surface area contributed by atoms with Crippen molar-refractivity contribution in [3.8, 4) is 28.4 Å². The second-order valence-electron chi connectivity index (χ2n) is 6.57. The molecule has 0 atom stereocenters. The quantitative estimate of drug-likeness (QED) is 0.636. The molecule has 0 fully saturated rings. The third kappa shape index (κ3) is 4.41. The number of ether oxygens (including phenoxy) is 2. The molecule has 2 aromatic carbocycles. The molecule has 0 unspecified atom stereocenters. The molecule has 3 rings (SSSR count). The summed E-state index contributed by atoms with van der Waals surface area (Å²) in [5, 5.41) is 7.79. The van der Waals surface area contributed by atoms with Crippen molar-refractivity contribution >= 4 is 5.91 Å². The van der Waals surface area contributed by atoms with Gasteiger partial charge in [-0.3, -0.25) is 4.79 Å². The number of amides is 1. The second kappa shape index (κ2) is 9.25. The van der Waals surface area contributed by atoms with Gasteiger partial charge in [-0.15, -0.1) is 0 Å². The predicted molar refractivity (Wildman–Crippen MR) is 113 cm³/mol. The molecule has 1 heterocycles. The Morgan fingerprint density at radius 2 is 1.83 bits per heavy atom. The van der Waals surface area contributed by atoms with Crippen LogP contribution in [0.15, 0.2) is 54.7 Å². The van der Waals surface area contributed by atoms with Gasteiger partial charge >= 0.3 is 0 Å². The van der Waals surface area contributed by atoms with Gasteiger partial charge in [0.25, 0.3) is 5.91 Å². The molecule has 1 N–H and O–H groups in total. The number of hydrogen-bond donors (Lipinski definition) is 1. The normalized spacial score (nSPS) is 10.6. The van der Waals surface area contributed by atoms with Gasteiger partial charge in [-0.05, 0) is 37.4 Å². The van der Waals surface area contributed by atoms with E-state index in [2.05, 4.69) is 5.32 Å². The third-order valence-electron chi connectivity index (χ3n) is 4.67. The summed E-state index contributed by atoms with van der Waals surface area (Å²) >= 11 is 0. The van der Waals surface area contributed by atoms with E-state index in [0.717, 1.165) is 11.3 Å². The number of para-hydroxylation sites is 1. The summed E-state index contributed by atoms with van der Waals surface area (Å²) in [4.78, 5) is 14.8. The second-order valence-corrected chi connectivity index (χ2v) is 6.57. The molecule has 0 bridgehead atoms. The van der Waals surface area contributed by atoms with Crippen molar-refractivity contribution in [2.24, 2.45) is 0 Å². The largest absolute Gasteiger partial charge is 0.493 e. The fourth-order valence-corrected chi connectivity index (χ4v) is 3.03. The molecule has 29 heavy (non-hydrogen) atoms. The summed E-state index contributed by atoms with van der Waals surface area (Å²) in [6.07, 6.45) is 1.78. The summed E-state index contributed by atoms with van der Waals surface area (Å²) in [5.74, 6) is 1.12. The lowest BCUT2D eigenvalue weighted by atomic mass is 10.1. The van der Waals surface area contributed by atoms with Crippen molar-refractivity contribution in [3.05, 3.63) is 60.3 Å². The van der Waals surface area contributed by atoms with Crippen molar-refractivity contribution in [1.29, 1.82) is 0 Å². The molecule has 3 aromatic rings. The van der Waals surface area contributed by atoms with Gasteiger partial charge in [0, 0.05) is 31.9 Å². The molecule has 0 spiro atoms. The Labute approximate surface area is 170 Å². The van der Waals surface area contributed by atoms with Crippen LogP contribution in [0.2, 0.25) is 0 Å².